The first kappa shape index (κ1) is 12.3. The predicted octanol–water partition coefficient (Wildman–Crippen LogP) is 3.34. The third-order valence-electron chi connectivity index (χ3n) is 3.74. The predicted molar refractivity (Wildman–Crippen MR) is 66.7 cm³/mol. The van der Waals surface area contributed by atoms with Gasteiger partial charge in [0, 0.05) is 0 Å². The lowest BCUT2D eigenvalue weighted by atomic mass is 9.64. The maximum atomic E-state index is 5.23. The van der Waals surface area contributed by atoms with Crippen LogP contribution in [0, 0.1) is 17.3 Å². The molecule has 1 fully saturated rings. The van der Waals surface area contributed by atoms with Crippen molar-refractivity contribution in [2.45, 2.75) is 47.0 Å². The first-order valence-electron chi connectivity index (χ1n) is 5.90. The number of nitrogens with zero attached hydrogens (tertiary/aromatic N) is 1. The third kappa shape index (κ3) is 3.08. The molecule has 0 amide bonds. The van der Waals surface area contributed by atoms with Gasteiger partial charge < -0.3 is 5.84 Å². The van der Waals surface area contributed by atoms with Crippen LogP contribution in [0.25, 0.3) is 0 Å². The molecule has 0 radical (unpaired) electrons. The van der Waals surface area contributed by atoms with E-state index >= 15 is 0 Å². The van der Waals surface area contributed by atoms with Crippen LogP contribution in [0.4, 0.5) is 0 Å². The van der Waals surface area contributed by atoms with Gasteiger partial charge in [0.2, 0.25) is 0 Å². The second-order valence-electron chi connectivity index (χ2n) is 5.51. The van der Waals surface area contributed by atoms with Crippen molar-refractivity contribution in [2.75, 3.05) is 0 Å². The molecule has 2 heteroatoms. The summed E-state index contributed by atoms with van der Waals surface area (Å²) in [6.07, 6.45) is 8.40. The third-order valence-corrected chi connectivity index (χ3v) is 3.74. The lowest BCUT2D eigenvalue weighted by Crippen LogP contribution is -2.32. The zero-order valence-electron chi connectivity index (χ0n) is 10.5. The molecule has 1 saturated carbocycles. The van der Waals surface area contributed by atoms with Gasteiger partial charge in [-0.15, -0.1) is 0 Å². The number of hydrogen-bond donors (Lipinski definition) is 1. The highest BCUT2D eigenvalue weighted by Crippen LogP contribution is 2.44. The fourth-order valence-electron chi connectivity index (χ4n) is 2.73. The fraction of sp³-hybridized carbons (Fsp3) is 0.769. The highest BCUT2D eigenvalue weighted by atomic mass is 15.1. The second kappa shape index (κ2) is 4.82. The van der Waals surface area contributed by atoms with Crippen molar-refractivity contribution in [1.29, 1.82) is 0 Å². The molecule has 0 aromatic heterocycles. The van der Waals surface area contributed by atoms with Gasteiger partial charge in [0.05, 0.1) is 5.71 Å². The molecule has 0 aliphatic heterocycles. The number of hydrazone groups is 1. The maximum Gasteiger partial charge on any atom is 0.0566 e. The first-order valence-corrected chi connectivity index (χ1v) is 5.90. The topological polar surface area (TPSA) is 38.4 Å². The van der Waals surface area contributed by atoms with Crippen molar-refractivity contribution in [3.05, 3.63) is 12.2 Å². The van der Waals surface area contributed by atoms with Crippen molar-refractivity contribution < 1.29 is 0 Å². The summed E-state index contributed by atoms with van der Waals surface area (Å²) in [6, 6.07) is 0. The van der Waals surface area contributed by atoms with Gasteiger partial charge in [-0.2, -0.15) is 5.10 Å². The average Bonchev–Trinajstić information content (AvgIpc) is 2.15. The van der Waals surface area contributed by atoms with Crippen molar-refractivity contribution >= 4 is 5.71 Å². The minimum absolute atomic E-state index is 0.420. The Hall–Kier alpha value is -0.790. The lowest BCUT2D eigenvalue weighted by molar-refractivity contribution is 0.123. The van der Waals surface area contributed by atoms with Gasteiger partial charge in [0.15, 0.2) is 0 Å². The highest BCUT2D eigenvalue weighted by Gasteiger charge is 2.34. The summed E-state index contributed by atoms with van der Waals surface area (Å²) in [6.45, 7) is 9.03. The van der Waals surface area contributed by atoms with Gasteiger partial charge in [-0.25, -0.2) is 0 Å². The molecule has 15 heavy (non-hydrogen) atoms. The Morgan fingerprint density at radius 1 is 1.47 bits per heavy atom. The molecule has 0 aromatic carbocycles. The SMILES string of the molecule is CC(/C=C/C1C(C)CCCC1(C)C)=NN. The Bertz CT molecular complexity index is 264. The molecule has 0 heterocycles. The molecule has 2 unspecified atom stereocenters. The maximum absolute atomic E-state index is 5.23. The van der Waals surface area contributed by atoms with E-state index in [1.54, 1.807) is 0 Å². The first-order chi connectivity index (χ1) is 6.97. The van der Waals surface area contributed by atoms with E-state index in [0.717, 1.165) is 11.6 Å². The molecule has 0 bridgehead atoms. The largest absolute Gasteiger partial charge is 0.323 e. The van der Waals surface area contributed by atoms with E-state index in [1.807, 2.05) is 6.92 Å². The zero-order valence-corrected chi connectivity index (χ0v) is 10.5. The molecule has 1 aliphatic rings. The minimum atomic E-state index is 0.420. The summed E-state index contributed by atoms with van der Waals surface area (Å²) in [5.41, 5.74) is 1.33. The summed E-state index contributed by atoms with van der Waals surface area (Å²) in [5, 5.41) is 3.68. The summed E-state index contributed by atoms with van der Waals surface area (Å²) in [5.74, 6) is 6.66. The van der Waals surface area contributed by atoms with Crippen LogP contribution in [0.1, 0.15) is 47.0 Å². The minimum Gasteiger partial charge on any atom is -0.323 e. The number of rotatable bonds is 2. The van der Waals surface area contributed by atoms with Gasteiger partial charge in [-0.05, 0) is 36.7 Å². The van der Waals surface area contributed by atoms with Crippen LogP contribution < -0.4 is 5.84 Å². The van der Waals surface area contributed by atoms with E-state index in [9.17, 15) is 0 Å². The number of allylic oxidation sites excluding steroid dienone is 2. The molecule has 86 valence electrons. The summed E-state index contributed by atoms with van der Waals surface area (Å²) in [7, 11) is 0. The van der Waals surface area contributed by atoms with Crippen molar-refractivity contribution in [3.8, 4) is 0 Å². The van der Waals surface area contributed by atoms with Gasteiger partial charge in [0.1, 0.15) is 0 Å². The van der Waals surface area contributed by atoms with Gasteiger partial charge in [-0.3, -0.25) is 0 Å². The van der Waals surface area contributed by atoms with Crippen LogP contribution in [0.2, 0.25) is 0 Å². The zero-order chi connectivity index (χ0) is 11.5. The Labute approximate surface area is 93.6 Å². The fourth-order valence-corrected chi connectivity index (χ4v) is 2.73. The summed E-state index contributed by atoms with van der Waals surface area (Å²) >= 11 is 0. The summed E-state index contributed by atoms with van der Waals surface area (Å²) < 4.78 is 0. The number of nitrogens with two attached hydrogens (primary N) is 1. The summed E-state index contributed by atoms with van der Waals surface area (Å²) in [4.78, 5) is 0. The molecular formula is C13H24N2. The van der Waals surface area contributed by atoms with E-state index in [2.05, 4.69) is 38.0 Å². The van der Waals surface area contributed by atoms with Crippen LogP contribution in [-0.2, 0) is 0 Å². The van der Waals surface area contributed by atoms with Gasteiger partial charge in [-0.1, -0.05) is 39.7 Å². The van der Waals surface area contributed by atoms with E-state index in [1.165, 1.54) is 19.3 Å². The molecule has 1 aliphatic carbocycles. The van der Waals surface area contributed by atoms with E-state index < -0.39 is 0 Å². The monoisotopic (exact) mass is 208 g/mol. The normalized spacial score (nSPS) is 32.1. The Kier molecular flexibility index (Phi) is 3.95. The van der Waals surface area contributed by atoms with Gasteiger partial charge >= 0.3 is 0 Å². The van der Waals surface area contributed by atoms with Crippen molar-refractivity contribution in [3.63, 3.8) is 0 Å². The van der Waals surface area contributed by atoms with Crippen LogP contribution in [0.5, 0.6) is 0 Å². The van der Waals surface area contributed by atoms with Crippen molar-refractivity contribution in [2.24, 2.45) is 28.2 Å². The van der Waals surface area contributed by atoms with E-state index in [-0.39, 0.29) is 0 Å². The van der Waals surface area contributed by atoms with Crippen LogP contribution in [0.3, 0.4) is 0 Å². The Balaban J connectivity index is 2.76. The smallest absolute Gasteiger partial charge is 0.0566 e. The molecule has 1 rings (SSSR count). The molecular weight excluding hydrogens is 184 g/mol. The average molecular weight is 208 g/mol. The van der Waals surface area contributed by atoms with Crippen LogP contribution >= 0.6 is 0 Å². The van der Waals surface area contributed by atoms with Crippen LogP contribution in [-0.4, -0.2) is 5.71 Å². The Morgan fingerprint density at radius 2 is 2.13 bits per heavy atom. The molecule has 2 nitrogen and oxygen atoms in total. The molecule has 2 N–H and O–H groups in total. The standard InChI is InChI=1S/C13H24N2/c1-10-6-5-9-13(3,4)12(10)8-7-11(2)15-14/h7-8,10,12H,5-6,9,14H2,1-4H3/b8-7+,15-11?. The second-order valence-corrected chi connectivity index (χ2v) is 5.51. The Morgan fingerprint density at radius 3 is 2.67 bits per heavy atom. The van der Waals surface area contributed by atoms with Gasteiger partial charge in [0.25, 0.3) is 0 Å². The lowest BCUT2D eigenvalue weighted by Gasteiger charge is -2.41. The molecule has 0 aromatic rings. The molecule has 2 atom stereocenters. The number of hydrogen-bond acceptors (Lipinski definition) is 2. The van der Waals surface area contributed by atoms with E-state index in [4.69, 9.17) is 5.84 Å². The quantitative estimate of drug-likeness (QED) is 0.422. The molecule has 0 spiro atoms. The highest BCUT2D eigenvalue weighted by molar-refractivity contribution is 5.92. The van der Waals surface area contributed by atoms with Crippen LogP contribution in [0.15, 0.2) is 17.3 Å². The van der Waals surface area contributed by atoms with Crippen molar-refractivity contribution in [1.82, 2.24) is 0 Å². The molecule has 0 saturated heterocycles. The van der Waals surface area contributed by atoms with E-state index in [0.29, 0.717) is 11.3 Å².